The lowest BCUT2D eigenvalue weighted by Crippen LogP contribution is -2.42. The van der Waals surface area contributed by atoms with Crippen molar-refractivity contribution in [2.45, 2.75) is 32.2 Å². The Morgan fingerprint density at radius 3 is 2.00 bits per heavy atom. The van der Waals surface area contributed by atoms with Gasteiger partial charge >= 0.3 is 8.80 Å². The van der Waals surface area contributed by atoms with E-state index < -0.39 is 8.80 Å². The van der Waals surface area contributed by atoms with Crippen LogP contribution in [0.15, 0.2) is 0 Å². The van der Waals surface area contributed by atoms with E-state index in [2.05, 4.69) is 12.2 Å². The summed E-state index contributed by atoms with van der Waals surface area (Å²) in [4.78, 5) is 0. The van der Waals surface area contributed by atoms with E-state index in [1.54, 1.807) is 21.3 Å². The van der Waals surface area contributed by atoms with Crippen LogP contribution in [-0.2, 0) is 13.3 Å². The largest absolute Gasteiger partial charge is 0.500 e. The van der Waals surface area contributed by atoms with Gasteiger partial charge < -0.3 is 18.6 Å². The quantitative estimate of drug-likeness (QED) is 0.462. The SMILES string of the molecule is CCCNCCCC[Si](OC)(OC)OC. The van der Waals surface area contributed by atoms with Crippen LogP contribution in [-0.4, -0.2) is 43.2 Å². The maximum absolute atomic E-state index is 5.34. The molecule has 4 nitrogen and oxygen atoms in total. The second kappa shape index (κ2) is 9.29. The number of hydrogen-bond acceptors (Lipinski definition) is 4. The summed E-state index contributed by atoms with van der Waals surface area (Å²) in [7, 11) is 2.67. The van der Waals surface area contributed by atoms with E-state index in [1.807, 2.05) is 0 Å². The molecule has 0 rings (SSSR count). The number of nitrogens with one attached hydrogen (secondary N) is 1. The first kappa shape index (κ1) is 15.1. The molecule has 0 saturated heterocycles. The molecule has 0 bridgehead atoms. The van der Waals surface area contributed by atoms with Gasteiger partial charge in [0.1, 0.15) is 0 Å². The monoisotopic (exact) mass is 235 g/mol. The fourth-order valence-corrected chi connectivity index (χ4v) is 3.24. The molecule has 0 aliphatic carbocycles. The zero-order chi connectivity index (χ0) is 11.6. The first-order valence-electron chi connectivity index (χ1n) is 5.60. The molecule has 0 saturated carbocycles. The summed E-state index contributed by atoms with van der Waals surface area (Å²) in [5.41, 5.74) is 0. The number of unbranched alkanes of at least 4 members (excludes halogenated alkanes) is 1. The molecule has 0 aliphatic heterocycles. The molecule has 0 amide bonds. The summed E-state index contributed by atoms with van der Waals surface area (Å²) in [5, 5.41) is 3.37. The van der Waals surface area contributed by atoms with Gasteiger partial charge in [-0.15, -0.1) is 0 Å². The zero-order valence-corrected chi connectivity index (χ0v) is 11.5. The highest BCUT2D eigenvalue weighted by Crippen LogP contribution is 2.15. The molecule has 0 aromatic carbocycles. The van der Waals surface area contributed by atoms with Crippen LogP contribution in [0.1, 0.15) is 26.2 Å². The van der Waals surface area contributed by atoms with Crippen LogP contribution >= 0.6 is 0 Å². The lowest BCUT2D eigenvalue weighted by molar-refractivity contribution is 0.123. The Balaban J connectivity index is 3.54. The molecule has 5 heteroatoms. The molecule has 0 fully saturated rings. The summed E-state index contributed by atoms with van der Waals surface area (Å²) in [6.45, 7) is 4.34. The van der Waals surface area contributed by atoms with Gasteiger partial charge in [-0.25, -0.2) is 0 Å². The topological polar surface area (TPSA) is 39.7 Å². The second-order valence-corrected chi connectivity index (χ2v) is 6.59. The Bertz CT molecular complexity index is 134. The maximum atomic E-state index is 5.34. The molecule has 0 aliphatic rings. The van der Waals surface area contributed by atoms with Crippen molar-refractivity contribution in [2.75, 3.05) is 34.4 Å². The van der Waals surface area contributed by atoms with Crippen LogP contribution < -0.4 is 5.32 Å². The van der Waals surface area contributed by atoms with Gasteiger partial charge in [-0.1, -0.05) is 6.92 Å². The van der Waals surface area contributed by atoms with Crippen molar-refractivity contribution in [3.05, 3.63) is 0 Å². The third kappa shape index (κ3) is 6.27. The minimum absolute atomic E-state index is 0.893. The van der Waals surface area contributed by atoms with Crippen LogP contribution in [0.4, 0.5) is 0 Å². The predicted octanol–water partition coefficient (Wildman–Crippen LogP) is 1.64. The van der Waals surface area contributed by atoms with Crippen molar-refractivity contribution < 1.29 is 13.3 Å². The van der Waals surface area contributed by atoms with Crippen LogP contribution in [0.5, 0.6) is 0 Å². The fourth-order valence-electron chi connectivity index (χ4n) is 1.45. The summed E-state index contributed by atoms with van der Waals surface area (Å²) < 4.78 is 16.0. The highest BCUT2D eigenvalue weighted by Gasteiger charge is 2.36. The lowest BCUT2D eigenvalue weighted by Gasteiger charge is -2.24. The predicted molar refractivity (Wildman–Crippen MR) is 64.0 cm³/mol. The van der Waals surface area contributed by atoms with Gasteiger partial charge in [0.15, 0.2) is 0 Å². The standard InChI is InChI=1S/C10H25NO3Si/c1-5-8-11-9-6-7-10-15(12-2,13-3)14-4/h11H,5-10H2,1-4H3. The van der Waals surface area contributed by atoms with Gasteiger partial charge in [0, 0.05) is 27.4 Å². The minimum Gasteiger partial charge on any atom is -0.377 e. The van der Waals surface area contributed by atoms with Gasteiger partial charge in [0.25, 0.3) is 0 Å². The molecule has 0 atom stereocenters. The normalized spacial score (nSPS) is 12.0. The van der Waals surface area contributed by atoms with E-state index in [-0.39, 0.29) is 0 Å². The first-order chi connectivity index (χ1) is 7.24. The van der Waals surface area contributed by atoms with Crippen LogP contribution in [0, 0.1) is 0 Å². The Labute approximate surface area is 94.7 Å². The van der Waals surface area contributed by atoms with Gasteiger partial charge in [-0.2, -0.15) is 0 Å². The second-order valence-electron chi connectivity index (χ2n) is 3.50. The summed E-state index contributed by atoms with van der Waals surface area (Å²) >= 11 is 0. The third-order valence-electron chi connectivity index (χ3n) is 2.45. The molecule has 0 radical (unpaired) electrons. The summed E-state index contributed by atoms with van der Waals surface area (Å²) in [6.07, 6.45) is 3.41. The average Bonchev–Trinajstić information content (AvgIpc) is 2.29. The molecular weight excluding hydrogens is 210 g/mol. The highest BCUT2D eigenvalue weighted by molar-refractivity contribution is 6.60. The molecule has 0 spiro atoms. The number of hydrogen-bond donors (Lipinski definition) is 1. The van der Waals surface area contributed by atoms with Crippen molar-refractivity contribution in [1.29, 1.82) is 0 Å². The third-order valence-corrected chi connectivity index (χ3v) is 5.28. The van der Waals surface area contributed by atoms with Crippen molar-refractivity contribution in [3.8, 4) is 0 Å². The fraction of sp³-hybridized carbons (Fsp3) is 1.00. The van der Waals surface area contributed by atoms with E-state index in [1.165, 1.54) is 6.42 Å². The highest BCUT2D eigenvalue weighted by atomic mass is 28.4. The molecule has 0 aromatic heterocycles. The average molecular weight is 235 g/mol. The lowest BCUT2D eigenvalue weighted by atomic mass is 10.3. The van der Waals surface area contributed by atoms with E-state index in [9.17, 15) is 0 Å². The zero-order valence-electron chi connectivity index (χ0n) is 10.5. The van der Waals surface area contributed by atoms with E-state index in [4.69, 9.17) is 13.3 Å². The van der Waals surface area contributed by atoms with Crippen molar-refractivity contribution >= 4 is 8.80 Å². The molecule has 15 heavy (non-hydrogen) atoms. The smallest absolute Gasteiger partial charge is 0.377 e. The van der Waals surface area contributed by atoms with Crippen LogP contribution in [0.25, 0.3) is 0 Å². The molecule has 0 aromatic rings. The molecule has 0 unspecified atom stereocenters. The van der Waals surface area contributed by atoms with Crippen molar-refractivity contribution in [3.63, 3.8) is 0 Å². The van der Waals surface area contributed by atoms with Gasteiger partial charge in [0.05, 0.1) is 0 Å². The van der Waals surface area contributed by atoms with Crippen LogP contribution in [0.3, 0.4) is 0 Å². The summed E-state index contributed by atoms with van der Waals surface area (Å²) in [6, 6.07) is 0.893. The Hall–Kier alpha value is 0.0569. The first-order valence-corrected chi connectivity index (χ1v) is 7.54. The van der Waals surface area contributed by atoms with E-state index in [0.717, 1.165) is 32.0 Å². The Morgan fingerprint density at radius 1 is 0.933 bits per heavy atom. The number of rotatable bonds is 10. The Morgan fingerprint density at radius 2 is 1.53 bits per heavy atom. The maximum Gasteiger partial charge on any atom is 0.500 e. The van der Waals surface area contributed by atoms with E-state index >= 15 is 0 Å². The molecule has 1 N–H and O–H groups in total. The van der Waals surface area contributed by atoms with Gasteiger partial charge in [-0.05, 0) is 32.4 Å². The minimum atomic E-state index is -2.31. The summed E-state index contributed by atoms with van der Waals surface area (Å²) in [5.74, 6) is 0. The van der Waals surface area contributed by atoms with Crippen LogP contribution in [0.2, 0.25) is 6.04 Å². The Kier molecular flexibility index (Phi) is 9.33. The van der Waals surface area contributed by atoms with Gasteiger partial charge in [-0.3, -0.25) is 0 Å². The van der Waals surface area contributed by atoms with Crippen molar-refractivity contribution in [2.24, 2.45) is 0 Å². The molecule has 0 heterocycles. The molecular formula is C10H25NO3Si. The molecule has 92 valence electrons. The van der Waals surface area contributed by atoms with E-state index in [0.29, 0.717) is 0 Å². The van der Waals surface area contributed by atoms with Crippen molar-refractivity contribution in [1.82, 2.24) is 5.32 Å². The van der Waals surface area contributed by atoms with Gasteiger partial charge in [0.2, 0.25) is 0 Å².